The van der Waals surface area contributed by atoms with Crippen molar-refractivity contribution in [3.63, 3.8) is 0 Å². The van der Waals surface area contributed by atoms with Gasteiger partial charge in [-0.05, 0) is 18.5 Å². The molecule has 1 heterocycles. The summed E-state index contributed by atoms with van der Waals surface area (Å²) in [7, 11) is 3.25. The van der Waals surface area contributed by atoms with Gasteiger partial charge in [-0.2, -0.15) is 4.98 Å². The molecular weight excluding hydrogens is 248 g/mol. The maximum absolute atomic E-state index is 10.8. The highest BCUT2D eigenvalue weighted by Crippen LogP contribution is 2.26. The van der Waals surface area contributed by atoms with Gasteiger partial charge < -0.3 is 9.64 Å². The third kappa shape index (κ3) is 3.24. The predicted octanol–water partition coefficient (Wildman–Crippen LogP) is 1.51. The van der Waals surface area contributed by atoms with Crippen LogP contribution in [0.2, 0.25) is 5.28 Å². The Bertz CT molecular complexity index is 415. The molecule has 8 heteroatoms. The first-order chi connectivity index (χ1) is 7.97. The topological polar surface area (TPSA) is 81.4 Å². The number of nitrogens with zero attached hydrogens (tertiary/aromatic N) is 4. The lowest BCUT2D eigenvalue weighted by Gasteiger charge is -2.24. The van der Waals surface area contributed by atoms with Crippen molar-refractivity contribution in [3.8, 4) is 0 Å². The van der Waals surface area contributed by atoms with Crippen molar-refractivity contribution >= 4 is 23.1 Å². The Hall–Kier alpha value is -1.47. The van der Waals surface area contributed by atoms with Crippen LogP contribution < -0.4 is 4.90 Å². The number of methoxy groups -OCH3 is 1. The molecule has 1 aromatic rings. The van der Waals surface area contributed by atoms with E-state index in [2.05, 4.69) is 9.97 Å². The Balaban J connectivity index is 3.10. The van der Waals surface area contributed by atoms with Crippen LogP contribution in [-0.2, 0) is 4.74 Å². The second kappa shape index (κ2) is 5.74. The average molecular weight is 261 g/mol. The molecule has 0 N–H and O–H groups in total. The van der Waals surface area contributed by atoms with E-state index in [4.69, 9.17) is 16.3 Å². The van der Waals surface area contributed by atoms with Crippen LogP contribution >= 0.6 is 11.6 Å². The lowest BCUT2D eigenvalue weighted by Crippen LogP contribution is -2.33. The van der Waals surface area contributed by atoms with E-state index in [1.165, 1.54) is 0 Å². The summed E-state index contributed by atoms with van der Waals surface area (Å²) in [5.74, 6) is 0.180. The predicted molar refractivity (Wildman–Crippen MR) is 63.4 cm³/mol. The molecule has 0 amide bonds. The fraction of sp³-hybridized carbons (Fsp3) is 0.556. The molecule has 0 fully saturated rings. The summed E-state index contributed by atoms with van der Waals surface area (Å²) in [4.78, 5) is 19.4. The highest BCUT2D eigenvalue weighted by molar-refractivity contribution is 6.28. The Morgan fingerprint density at radius 1 is 1.71 bits per heavy atom. The van der Waals surface area contributed by atoms with Crippen LogP contribution in [0.1, 0.15) is 6.92 Å². The number of halogens is 1. The second-order valence-corrected chi connectivity index (χ2v) is 3.86. The van der Waals surface area contributed by atoms with E-state index in [0.29, 0.717) is 6.61 Å². The molecule has 94 valence electrons. The van der Waals surface area contributed by atoms with Gasteiger partial charge >= 0.3 is 5.69 Å². The van der Waals surface area contributed by atoms with Crippen molar-refractivity contribution in [1.29, 1.82) is 0 Å². The number of ether oxygens (including phenoxy) is 1. The molecule has 7 nitrogen and oxygen atoms in total. The molecule has 1 rings (SSSR count). The van der Waals surface area contributed by atoms with E-state index in [0.717, 1.165) is 6.20 Å². The first kappa shape index (κ1) is 13.6. The van der Waals surface area contributed by atoms with Crippen LogP contribution in [-0.4, -0.2) is 41.7 Å². The Labute approximate surface area is 104 Å². The zero-order valence-electron chi connectivity index (χ0n) is 9.75. The first-order valence-corrected chi connectivity index (χ1v) is 5.23. The summed E-state index contributed by atoms with van der Waals surface area (Å²) in [5, 5.41) is 10.8. The van der Waals surface area contributed by atoms with Crippen LogP contribution in [0.3, 0.4) is 0 Å². The van der Waals surface area contributed by atoms with Crippen molar-refractivity contribution in [2.24, 2.45) is 0 Å². The summed E-state index contributed by atoms with van der Waals surface area (Å²) in [5.41, 5.74) is -0.181. The third-order valence-corrected chi connectivity index (χ3v) is 2.50. The lowest BCUT2D eigenvalue weighted by molar-refractivity contribution is -0.384. The molecule has 0 saturated carbocycles. The second-order valence-electron chi connectivity index (χ2n) is 3.52. The van der Waals surface area contributed by atoms with Gasteiger partial charge in [0, 0.05) is 14.2 Å². The average Bonchev–Trinajstić information content (AvgIpc) is 2.27. The van der Waals surface area contributed by atoms with Crippen molar-refractivity contribution in [3.05, 3.63) is 21.6 Å². The smallest absolute Gasteiger partial charge is 0.329 e. The molecule has 0 aromatic carbocycles. The van der Waals surface area contributed by atoms with Gasteiger partial charge in [0.2, 0.25) is 11.1 Å². The molecule has 0 saturated heterocycles. The van der Waals surface area contributed by atoms with Gasteiger partial charge in [-0.25, -0.2) is 4.98 Å². The van der Waals surface area contributed by atoms with E-state index in [1.807, 2.05) is 6.92 Å². The Morgan fingerprint density at radius 2 is 2.35 bits per heavy atom. The van der Waals surface area contributed by atoms with E-state index in [1.54, 1.807) is 19.1 Å². The van der Waals surface area contributed by atoms with E-state index >= 15 is 0 Å². The Morgan fingerprint density at radius 3 is 2.88 bits per heavy atom. The van der Waals surface area contributed by atoms with Gasteiger partial charge in [-0.1, -0.05) is 0 Å². The minimum Gasteiger partial charge on any atom is -0.383 e. The summed E-state index contributed by atoms with van der Waals surface area (Å²) in [6, 6.07) is -0.0651. The fourth-order valence-corrected chi connectivity index (χ4v) is 1.42. The van der Waals surface area contributed by atoms with Gasteiger partial charge in [0.15, 0.2) is 0 Å². The van der Waals surface area contributed by atoms with Crippen LogP contribution in [0.4, 0.5) is 11.5 Å². The Kier molecular flexibility index (Phi) is 4.59. The summed E-state index contributed by atoms with van der Waals surface area (Å²) < 4.78 is 4.99. The van der Waals surface area contributed by atoms with Crippen molar-refractivity contribution < 1.29 is 9.66 Å². The van der Waals surface area contributed by atoms with Crippen LogP contribution in [0, 0.1) is 10.1 Å². The minimum absolute atomic E-state index is 0.0259. The molecule has 1 aromatic heterocycles. The monoisotopic (exact) mass is 260 g/mol. The molecule has 0 radical (unpaired) electrons. The highest BCUT2D eigenvalue weighted by atomic mass is 35.5. The zero-order valence-corrected chi connectivity index (χ0v) is 10.5. The van der Waals surface area contributed by atoms with Gasteiger partial charge in [0.1, 0.15) is 6.20 Å². The standard InChI is InChI=1S/C9H13ClN4O3/c1-6(5-17-3)13(2)8-7(14(15)16)4-11-9(10)12-8/h4,6H,5H2,1-3H3. The van der Waals surface area contributed by atoms with Gasteiger partial charge in [-0.15, -0.1) is 0 Å². The molecule has 17 heavy (non-hydrogen) atoms. The van der Waals surface area contributed by atoms with Crippen molar-refractivity contribution in [2.45, 2.75) is 13.0 Å². The molecular formula is C9H13ClN4O3. The largest absolute Gasteiger partial charge is 0.383 e. The van der Waals surface area contributed by atoms with E-state index in [-0.39, 0.29) is 22.8 Å². The minimum atomic E-state index is -0.540. The summed E-state index contributed by atoms with van der Waals surface area (Å²) in [6.07, 6.45) is 1.10. The zero-order chi connectivity index (χ0) is 13.0. The number of hydrogen-bond donors (Lipinski definition) is 0. The molecule has 0 bridgehead atoms. The number of rotatable bonds is 5. The third-order valence-electron chi connectivity index (χ3n) is 2.32. The quantitative estimate of drug-likeness (QED) is 0.453. The van der Waals surface area contributed by atoms with Crippen LogP contribution in [0.15, 0.2) is 6.20 Å². The molecule has 0 aliphatic heterocycles. The molecule has 0 aliphatic carbocycles. The molecule has 1 atom stereocenters. The number of aromatic nitrogens is 2. The number of anilines is 1. The van der Waals surface area contributed by atoms with E-state index in [9.17, 15) is 10.1 Å². The van der Waals surface area contributed by atoms with Crippen molar-refractivity contribution in [2.75, 3.05) is 25.7 Å². The number of hydrogen-bond acceptors (Lipinski definition) is 6. The van der Waals surface area contributed by atoms with Gasteiger partial charge in [0.05, 0.1) is 17.6 Å². The molecule has 0 aliphatic rings. The maximum atomic E-state index is 10.8. The normalized spacial score (nSPS) is 12.2. The lowest BCUT2D eigenvalue weighted by atomic mass is 10.3. The molecule has 1 unspecified atom stereocenters. The summed E-state index contributed by atoms with van der Waals surface area (Å²) >= 11 is 5.64. The first-order valence-electron chi connectivity index (χ1n) is 4.86. The number of nitro groups is 1. The van der Waals surface area contributed by atoms with Crippen molar-refractivity contribution in [1.82, 2.24) is 9.97 Å². The van der Waals surface area contributed by atoms with Crippen LogP contribution in [0.5, 0.6) is 0 Å². The SMILES string of the molecule is COCC(C)N(C)c1nc(Cl)ncc1[N+](=O)[O-]. The van der Waals surface area contributed by atoms with Crippen LogP contribution in [0.25, 0.3) is 0 Å². The van der Waals surface area contributed by atoms with Gasteiger partial charge in [-0.3, -0.25) is 10.1 Å². The fourth-order valence-electron chi connectivity index (χ4n) is 1.30. The number of likely N-dealkylation sites (N-methyl/N-ethyl adjacent to an activating group) is 1. The molecule has 0 spiro atoms. The van der Waals surface area contributed by atoms with E-state index < -0.39 is 4.92 Å². The van der Waals surface area contributed by atoms with Gasteiger partial charge in [0.25, 0.3) is 0 Å². The highest BCUT2D eigenvalue weighted by Gasteiger charge is 2.23. The summed E-state index contributed by atoms with van der Waals surface area (Å²) in [6.45, 7) is 2.29. The maximum Gasteiger partial charge on any atom is 0.329 e.